The van der Waals surface area contributed by atoms with Crippen LogP contribution in [0.4, 0.5) is 13.2 Å². The molecule has 0 aliphatic rings. The lowest BCUT2D eigenvalue weighted by Crippen LogP contribution is -2.13. The van der Waals surface area contributed by atoms with Gasteiger partial charge in [-0.3, -0.25) is 4.79 Å². The van der Waals surface area contributed by atoms with Crippen LogP contribution in [0.15, 0.2) is 53.3 Å². The Bertz CT molecular complexity index is 1300. The summed E-state index contributed by atoms with van der Waals surface area (Å²) in [6.07, 6.45) is -5.71. The van der Waals surface area contributed by atoms with Gasteiger partial charge in [-0.25, -0.2) is 15.0 Å². The van der Waals surface area contributed by atoms with E-state index in [-0.39, 0.29) is 28.4 Å². The van der Waals surface area contributed by atoms with Gasteiger partial charge in [0.05, 0.1) is 11.4 Å². The molecule has 0 saturated heterocycles. The van der Waals surface area contributed by atoms with Crippen LogP contribution in [0.2, 0.25) is 5.15 Å². The lowest BCUT2D eigenvalue weighted by molar-refractivity contribution is -0.134. The smallest absolute Gasteiger partial charge is 0.342 e. The quantitative estimate of drug-likeness (QED) is 0.422. The number of halogens is 4. The van der Waals surface area contributed by atoms with Crippen LogP contribution in [-0.2, 0) is 6.42 Å². The highest BCUT2D eigenvalue weighted by Gasteiger charge is 2.27. The molecule has 3 aromatic heterocycles. The Balaban J connectivity index is 1.94. The van der Waals surface area contributed by atoms with Gasteiger partial charge in [0.25, 0.3) is 0 Å². The molecule has 1 aromatic carbocycles. The van der Waals surface area contributed by atoms with Crippen LogP contribution in [0.25, 0.3) is 33.7 Å². The highest BCUT2D eigenvalue weighted by molar-refractivity contribution is 6.29. The van der Waals surface area contributed by atoms with Gasteiger partial charge in [-0.2, -0.15) is 13.2 Å². The first-order valence-electron chi connectivity index (χ1n) is 9.40. The van der Waals surface area contributed by atoms with Crippen molar-refractivity contribution in [1.29, 1.82) is 0 Å². The topological polar surface area (TPSA) is 71.5 Å². The monoisotopic (exact) mass is 444 g/mol. The van der Waals surface area contributed by atoms with Crippen molar-refractivity contribution in [1.82, 2.24) is 19.9 Å². The third-order valence-corrected chi connectivity index (χ3v) is 4.83. The zero-order valence-electron chi connectivity index (χ0n) is 16.3. The summed E-state index contributed by atoms with van der Waals surface area (Å²) in [4.78, 5) is 28.8. The molecule has 0 unspecified atom stereocenters. The molecule has 0 aliphatic heterocycles. The van der Waals surface area contributed by atoms with Gasteiger partial charge in [-0.05, 0) is 25.5 Å². The van der Waals surface area contributed by atoms with Crippen LogP contribution in [0, 0.1) is 6.92 Å². The number of benzene rings is 1. The molecule has 31 heavy (non-hydrogen) atoms. The minimum Gasteiger partial charge on any atom is -0.342 e. The third-order valence-electron chi connectivity index (χ3n) is 4.63. The number of fused-ring (bicyclic) bond motifs is 1. The summed E-state index contributed by atoms with van der Waals surface area (Å²) in [5.74, 6) is 0. The van der Waals surface area contributed by atoms with Gasteiger partial charge in [0.2, 0.25) is 5.43 Å². The highest BCUT2D eigenvalue weighted by atomic mass is 35.5. The molecule has 3 heterocycles. The van der Waals surface area contributed by atoms with E-state index in [2.05, 4.69) is 19.9 Å². The summed E-state index contributed by atoms with van der Waals surface area (Å²) < 4.78 is 37.8. The number of alkyl halides is 3. The first kappa shape index (κ1) is 21.0. The molecule has 4 rings (SSSR count). The standard InChI is InChI=1S/C22H16ClF3N4O/c1-12-9-14(10-17(23)27-12)19-18(13-5-3-2-4-6-13)30-21-20(29-19)16(31)11-15(28-21)7-8-22(24,25)26/h2-6,9-11H,7-8H2,1H3,(H,28,30,31). The number of hydrogen-bond acceptors (Lipinski definition) is 4. The molecule has 0 radical (unpaired) electrons. The van der Waals surface area contributed by atoms with Crippen LogP contribution in [-0.4, -0.2) is 26.1 Å². The van der Waals surface area contributed by atoms with Crippen molar-refractivity contribution in [3.05, 3.63) is 75.3 Å². The van der Waals surface area contributed by atoms with Gasteiger partial charge >= 0.3 is 6.18 Å². The lowest BCUT2D eigenvalue weighted by Gasteiger charge is -2.12. The molecule has 0 fully saturated rings. The molecule has 0 aliphatic carbocycles. The van der Waals surface area contributed by atoms with Crippen molar-refractivity contribution in [3.8, 4) is 22.5 Å². The summed E-state index contributed by atoms with van der Waals surface area (Å²) in [6, 6.07) is 13.7. The van der Waals surface area contributed by atoms with Gasteiger partial charge in [0.1, 0.15) is 5.15 Å². The predicted molar refractivity (Wildman–Crippen MR) is 113 cm³/mol. The van der Waals surface area contributed by atoms with Crippen molar-refractivity contribution >= 4 is 22.8 Å². The second kappa shape index (κ2) is 8.11. The number of nitrogens with one attached hydrogen (secondary N) is 1. The normalized spacial score (nSPS) is 11.8. The molecular weight excluding hydrogens is 429 g/mol. The number of H-pyrrole nitrogens is 1. The van der Waals surface area contributed by atoms with Crippen LogP contribution < -0.4 is 5.43 Å². The zero-order chi connectivity index (χ0) is 22.2. The van der Waals surface area contributed by atoms with Gasteiger partial charge in [0.15, 0.2) is 11.2 Å². The second-order valence-corrected chi connectivity index (χ2v) is 7.47. The van der Waals surface area contributed by atoms with E-state index < -0.39 is 18.0 Å². The Morgan fingerprint density at radius 3 is 2.35 bits per heavy atom. The first-order chi connectivity index (χ1) is 14.7. The molecule has 158 valence electrons. The van der Waals surface area contributed by atoms with Crippen LogP contribution >= 0.6 is 11.6 Å². The second-order valence-electron chi connectivity index (χ2n) is 7.08. The van der Waals surface area contributed by atoms with Crippen LogP contribution in [0.5, 0.6) is 0 Å². The predicted octanol–water partition coefficient (Wildman–Crippen LogP) is 5.50. The SMILES string of the molecule is Cc1cc(-c2nc3c(=O)cc(CCC(F)(F)F)[nH]c3nc2-c2ccccc2)cc(Cl)n1. The number of hydrogen-bond donors (Lipinski definition) is 1. The molecule has 0 atom stereocenters. The van der Waals surface area contributed by atoms with Crippen molar-refractivity contribution in [3.63, 3.8) is 0 Å². The Labute approximate surface area is 180 Å². The van der Waals surface area contributed by atoms with Crippen molar-refractivity contribution in [2.75, 3.05) is 0 Å². The van der Waals surface area contributed by atoms with Crippen molar-refractivity contribution in [2.24, 2.45) is 0 Å². The minimum atomic E-state index is -4.32. The average Bonchev–Trinajstić information content (AvgIpc) is 2.71. The van der Waals surface area contributed by atoms with E-state index in [0.29, 0.717) is 22.6 Å². The summed E-state index contributed by atoms with van der Waals surface area (Å²) >= 11 is 6.12. The fraction of sp³-hybridized carbons (Fsp3) is 0.182. The summed E-state index contributed by atoms with van der Waals surface area (Å²) in [5, 5.41) is 0.271. The molecular formula is C22H16ClF3N4O. The minimum absolute atomic E-state index is 0.0380. The molecule has 1 N–H and O–H groups in total. The number of nitrogens with zero attached hydrogens (tertiary/aromatic N) is 3. The molecule has 0 saturated carbocycles. The van der Waals surface area contributed by atoms with E-state index in [1.807, 2.05) is 30.3 Å². The molecule has 5 nitrogen and oxygen atoms in total. The average molecular weight is 445 g/mol. The van der Waals surface area contributed by atoms with E-state index in [1.54, 1.807) is 19.1 Å². The van der Waals surface area contributed by atoms with E-state index in [9.17, 15) is 18.0 Å². The van der Waals surface area contributed by atoms with Gasteiger partial charge in [-0.15, -0.1) is 0 Å². The maximum Gasteiger partial charge on any atom is 0.389 e. The Morgan fingerprint density at radius 1 is 0.968 bits per heavy atom. The van der Waals surface area contributed by atoms with E-state index in [1.165, 1.54) is 0 Å². The highest BCUT2D eigenvalue weighted by Crippen LogP contribution is 2.31. The van der Waals surface area contributed by atoms with Gasteiger partial charge in [-0.1, -0.05) is 41.9 Å². The number of aromatic amines is 1. The fourth-order valence-electron chi connectivity index (χ4n) is 3.28. The Kier molecular flexibility index (Phi) is 5.49. The third kappa shape index (κ3) is 4.74. The summed E-state index contributed by atoms with van der Waals surface area (Å²) in [6.45, 7) is 1.78. The molecule has 9 heteroatoms. The van der Waals surface area contributed by atoms with Crippen molar-refractivity contribution < 1.29 is 13.2 Å². The number of pyridine rings is 2. The molecule has 0 spiro atoms. The van der Waals surface area contributed by atoms with Crippen molar-refractivity contribution in [2.45, 2.75) is 25.9 Å². The number of aryl methyl sites for hydroxylation is 2. The van der Waals surface area contributed by atoms with E-state index >= 15 is 0 Å². The molecule has 0 bridgehead atoms. The largest absolute Gasteiger partial charge is 0.389 e. The zero-order valence-corrected chi connectivity index (χ0v) is 17.1. The Morgan fingerprint density at radius 2 is 1.68 bits per heavy atom. The molecule has 4 aromatic rings. The fourth-order valence-corrected chi connectivity index (χ4v) is 3.53. The van der Waals surface area contributed by atoms with Gasteiger partial charge < -0.3 is 4.98 Å². The number of aromatic nitrogens is 4. The van der Waals surface area contributed by atoms with Crippen LogP contribution in [0.1, 0.15) is 17.8 Å². The maximum absolute atomic E-state index is 12.6. The summed E-state index contributed by atoms with van der Waals surface area (Å²) in [7, 11) is 0. The van der Waals surface area contributed by atoms with E-state index in [0.717, 1.165) is 11.6 Å². The first-order valence-corrected chi connectivity index (χ1v) is 9.78. The maximum atomic E-state index is 12.6. The van der Waals surface area contributed by atoms with Crippen LogP contribution in [0.3, 0.4) is 0 Å². The molecule has 0 amide bonds. The van der Waals surface area contributed by atoms with E-state index in [4.69, 9.17) is 11.6 Å². The summed E-state index contributed by atoms with van der Waals surface area (Å²) in [5.41, 5.74) is 2.75. The van der Waals surface area contributed by atoms with Gasteiger partial charge in [0, 0.05) is 35.0 Å². The lowest BCUT2D eigenvalue weighted by atomic mass is 10.0. The Hall–Kier alpha value is -3.26. The number of rotatable bonds is 4.